The molecule has 1 aliphatic heterocycles. The molecule has 3 heterocycles. The molecule has 2 aromatic heterocycles. The van der Waals surface area contributed by atoms with Gasteiger partial charge in [0.15, 0.2) is 0 Å². The minimum absolute atomic E-state index is 0.135. The molecule has 0 unspecified atom stereocenters. The Labute approximate surface area is 200 Å². The third-order valence-electron chi connectivity index (χ3n) is 7.17. The van der Waals surface area contributed by atoms with Crippen LogP contribution in [-0.4, -0.2) is 65.2 Å². The van der Waals surface area contributed by atoms with E-state index in [9.17, 15) is 13.4 Å². The van der Waals surface area contributed by atoms with E-state index in [1.807, 2.05) is 42.6 Å². The van der Waals surface area contributed by atoms with Gasteiger partial charge in [-0.25, -0.2) is 17.7 Å². The first-order chi connectivity index (χ1) is 16.3. The fraction of sp³-hybridized carbons (Fsp3) is 0.417. The molecule has 1 fully saturated rings. The zero-order chi connectivity index (χ0) is 23.9. The van der Waals surface area contributed by atoms with Crippen molar-refractivity contribution in [2.75, 3.05) is 19.8 Å². The highest BCUT2D eigenvalue weighted by atomic mass is 32.2. The van der Waals surface area contributed by atoms with Crippen LogP contribution >= 0.6 is 0 Å². The Morgan fingerprint density at radius 2 is 1.91 bits per heavy atom. The molecular formula is C24H30BN5O3S. The molecule has 0 bridgehead atoms. The summed E-state index contributed by atoms with van der Waals surface area (Å²) in [6.07, 6.45) is 7.01. The molecule has 2 N–H and O–H groups in total. The van der Waals surface area contributed by atoms with Gasteiger partial charge in [0.25, 0.3) is 0 Å². The summed E-state index contributed by atoms with van der Waals surface area (Å²) in [5.41, 5.74) is 4.48. The zero-order valence-corrected chi connectivity index (χ0v) is 20.4. The molecule has 8 nitrogen and oxygen atoms in total. The van der Waals surface area contributed by atoms with E-state index in [1.54, 1.807) is 25.2 Å². The van der Waals surface area contributed by atoms with Gasteiger partial charge in [0, 0.05) is 55.4 Å². The van der Waals surface area contributed by atoms with E-state index in [1.165, 1.54) is 4.31 Å². The lowest BCUT2D eigenvalue weighted by atomic mass is 9.67. The summed E-state index contributed by atoms with van der Waals surface area (Å²) in [4.78, 5) is 9.19. The lowest BCUT2D eigenvalue weighted by Crippen LogP contribution is -2.51. The second kappa shape index (κ2) is 9.17. The van der Waals surface area contributed by atoms with Crippen LogP contribution in [0.2, 0.25) is 0 Å². The van der Waals surface area contributed by atoms with Crippen molar-refractivity contribution in [2.45, 2.75) is 32.2 Å². The van der Waals surface area contributed by atoms with Crippen molar-refractivity contribution >= 4 is 39.3 Å². The summed E-state index contributed by atoms with van der Waals surface area (Å²) in [5.74, 6) is 0.530. The Morgan fingerprint density at radius 3 is 2.65 bits per heavy atom. The minimum atomic E-state index is -3.34. The topological polar surface area (TPSA) is 102 Å². The number of aromatic nitrogens is 2. The molecule has 0 spiro atoms. The van der Waals surface area contributed by atoms with Crippen molar-refractivity contribution in [3.05, 3.63) is 59.9 Å². The number of nitrogens with zero attached hydrogens (tertiary/aromatic N) is 4. The Balaban J connectivity index is 1.28. The minimum Gasteiger partial charge on any atom is -0.428 e. The second-order valence-electron chi connectivity index (χ2n) is 9.50. The molecule has 34 heavy (non-hydrogen) atoms. The molecule has 1 aliphatic carbocycles. The summed E-state index contributed by atoms with van der Waals surface area (Å²) in [5, 5.41) is 16.4. The van der Waals surface area contributed by atoms with Gasteiger partial charge in [0.05, 0.1) is 11.5 Å². The molecule has 0 amide bonds. The number of pyridine rings is 1. The van der Waals surface area contributed by atoms with Crippen LogP contribution in [0.1, 0.15) is 36.8 Å². The highest BCUT2D eigenvalue weighted by molar-refractivity contribution is 7.89. The van der Waals surface area contributed by atoms with E-state index in [2.05, 4.69) is 9.97 Å². The standard InChI is InChI=1S/C24H30BN5O3S/c1-29(15-17-6-4-3-5-7-17)34(32,33)16-18-8-10-19(11-9-18)23-22-20-12-13-26-24(20)27-14-21(22)25(31)30(2)28-23/h3-7,12-14,18-19,31H,8-11,15-16H2,1-2H3,(H,26,27)/t18-,19-. The molecule has 178 valence electrons. The maximum Gasteiger partial charge on any atom is 0.468 e. The van der Waals surface area contributed by atoms with E-state index in [0.717, 1.165) is 59.0 Å². The monoisotopic (exact) mass is 479 g/mol. The van der Waals surface area contributed by atoms with Crippen LogP contribution in [0.25, 0.3) is 11.0 Å². The van der Waals surface area contributed by atoms with Gasteiger partial charge >= 0.3 is 7.05 Å². The molecule has 1 aromatic carbocycles. The van der Waals surface area contributed by atoms with Gasteiger partial charge in [-0.3, -0.25) is 0 Å². The van der Waals surface area contributed by atoms with Crippen LogP contribution in [0.3, 0.4) is 0 Å². The number of hydrogen-bond acceptors (Lipinski definition) is 6. The summed E-state index contributed by atoms with van der Waals surface area (Å²) < 4.78 is 27.5. The average Bonchev–Trinajstić information content (AvgIpc) is 3.31. The molecule has 0 radical (unpaired) electrons. The van der Waals surface area contributed by atoms with Gasteiger partial charge in [-0.1, -0.05) is 30.3 Å². The molecule has 3 aromatic rings. The van der Waals surface area contributed by atoms with Crippen molar-refractivity contribution in [2.24, 2.45) is 16.9 Å². The zero-order valence-electron chi connectivity index (χ0n) is 19.6. The number of fused-ring (bicyclic) bond motifs is 3. The molecule has 0 saturated heterocycles. The largest absolute Gasteiger partial charge is 0.468 e. The third kappa shape index (κ3) is 4.37. The van der Waals surface area contributed by atoms with Crippen molar-refractivity contribution in [1.29, 1.82) is 0 Å². The van der Waals surface area contributed by atoms with Gasteiger partial charge in [-0.05, 0) is 43.2 Å². The van der Waals surface area contributed by atoms with E-state index in [-0.39, 0.29) is 17.6 Å². The van der Waals surface area contributed by atoms with Gasteiger partial charge in [0.1, 0.15) is 5.65 Å². The van der Waals surface area contributed by atoms with E-state index < -0.39 is 17.1 Å². The summed E-state index contributed by atoms with van der Waals surface area (Å²) >= 11 is 0. The summed E-state index contributed by atoms with van der Waals surface area (Å²) in [6.45, 7) is 0.390. The highest BCUT2D eigenvalue weighted by Gasteiger charge is 2.37. The predicted octanol–water partition coefficient (Wildman–Crippen LogP) is 2.17. The highest BCUT2D eigenvalue weighted by Crippen LogP contribution is 2.35. The first-order valence-corrected chi connectivity index (χ1v) is 13.4. The smallest absolute Gasteiger partial charge is 0.428 e. The normalized spacial score (nSPS) is 21.1. The molecule has 1 saturated carbocycles. The lowest BCUT2D eigenvalue weighted by molar-refractivity contribution is 0.335. The van der Waals surface area contributed by atoms with E-state index >= 15 is 0 Å². The van der Waals surface area contributed by atoms with Crippen LogP contribution in [-0.2, 0) is 16.6 Å². The molecular weight excluding hydrogens is 449 g/mol. The Hall–Kier alpha value is -2.69. The predicted molar refractivity (Wildman–Crippen MR) is 135 cm³/mol. The van der Waals surface area contributed by atoms with Crippen LogP contribution < -0.4 is 5.46 Å². The van der Waals surface area contributed by atoms with Crippen molar-refractivity contribution < 1.29 is 13.4 Å². The first kappa shape index (κ1) is 23.1. The summed E-state index contributed by atoms with van der Waals surface area (Å²) in [6, 6.07) is 11.7. The average molecular weight is 479 g/mol. The number of H-pyrrole nitrogens is 1. The number of sulfonamides is 1. The number of hydrogen-bond donors (Lipinski definition) is 2. The van der Waals surface area contributed by atoms with Crippen LogP contribution in [0.4, 0.5) is 0 Å². The van der Waals surface area contributed by atoms with Gasteiger partial charge in [0.2, 0.25) is 10.0 Å². The van der Waals surface area contributed by atoms with Crippen LogP contribution in [0.15, 0.2) is 53.9 Å². The van der Waals surface area contributed by atoms with Gasteiger partial charge in [-0.2, -0.15) is 5.10 Å². The Morgan fingerprint density at radius 1 is 1.18 bits per heavy atom. The number of nitrogens with one attached hydrogen (secondary N) is 1. The Kier molecular flexibility index (Phi) is 6.22. The molecule has 2 aliphatic rings. The fourth-order valence-electron chi connectivity index (χ4n) is 5.23. The number of benzene rings is 1. The van der Waals surface area contributed by atoms with Crippen molar-refractivity contribution in [3.8, 4) is 0 Å². The van der Waals surface area contributed by atoms with Crippen molar-refractivity contribution in [1.82, 2.24) is 19.2 Å². The van der Waals surface area contributed by atoms with Crippen molar-refractivity contribution in [3.63, 3.8) is 0 Å². The molecule has 10 heteroatoms. The number of aromatic amines is 1. The molecule has 5 rings (SSSR count). The first-order valence-electron chi connectivity index (χ1n) is 11.8. The lowest BCUT2D eigenvalue weighted by Gasteiger charge is -2.34. The molecule has 0 atom stereocenters. The van der Waals surface area contributed by atoms with Crippen LogP contribution in [0, 0.1) is 11.8 Å². The second-order valence-corrected chi connectivity index (χ2v) is 11.6. The van der Waals surface area contributed by atoms with Gasteiger partial charge < -0.3 is 14.9 Å². The van der Waals surface area contributed by atoms with Gasteiger partial charge in [-0.15, -0.1) is 0 Å². The fourth-order valence-corrected chi connectivity index (χ4v) is 6.76. The number of rotatable bonds is 6. The third-order valence-corrected chi connectivity index (χ3v) is 9.14. The maximum atomic E-state index is 13.0. The Bertz CT molecular complexity index is 1300. The van der Waals surface area contributed by atoms with E-state index in [0.29, 0.717) is 6.54 Å². The summed E-state index contributed by atoms with van der Waals surface area (Å²) in [7, 11) is -0.725. The number of hydrazone groups is 1. The van der Waals surface area contributed by atoms with E-state index in [4.69, 9.17) is 5.10 Å². The van der Waals surface area contributed by atoms with Crippen LogP contribution in [0.5, 0.6) is 0 Å². The SMILES string of the molecule is CN1N=C([C@H]2CC[C@H](CS(=O)(=O)N(C)Cc3ccccc3)CC2)c2c(cnc3[nH]ccc23)B1O. The maximum absolute atomic E-state index is 13.0. The quantitative estimate of drug-likeness (QED) is 0.528.